The third kappa shape index (κ3) is 1.33. The van der Waals surface area contributed by atoms with E-state index in [-0.39, 0.29) is 0 Å². The van der Waals surface area contributed by atoms with E-state index in [2.05, 4.69) is 20.4 Å². The molecular formula is C19H18O3. The van der Waals surface area contributed by atoms with Gasteiger partial charge in [-0.15, -0.1) is 0 Å². The quantitative estimate of drug-likeness (QED) is 0.848. The van der Waals surface area contributed by atoms with Crippen LogP contribution in [-0.2, 0) is 11.4 Å². The standard InChI is InChI=1S/C19H18O3/c1-11(2)13-8-9-16-17(10-13)22-19(21)15-7-5-4-6-14(15)12(3)18(16,19)20/h4-11,20-21H,3H2,1-2H3. The molecule has 0 aromatic heterocycles. The minimum Gasteiger partial charge on any atom is -0.454 e. The molecule has 0 saturated heterocycles. The molecule has 2 atom stereocenters. The van der Waals surface area contributed by atoms with E-state index in [9.17, 15) is 10.2 Å². The van der Waals surface area contributed by atoms with Gasteiger partial charge in [0.25, 0.3) is 5.79 Å². The third-order valence-corrected chi connectivity index (χ3v) is 4.86. The molecule has 0 bridgehead atoms. The Labute approximate surface area is 129 Å². The molecule has 0 fully saturated rings. The highest BCUT2D eigenvalue weighted by molar-refractivity contribution is 5.84. The highest BCUT2D eigenvalue weighted by Gasteiger charge is 2.67. The van der Waals surface area contributed by atoms with E-state index < -0.39 is 11.4 Å². The first-order chi connectivity index (χ1) is 10.4. The predicted molar refractivity (Wildman–Crippen MR) is 84.4 cm³/mol. The van der Waals surface area contributed by atoms with E-state index in [4.69, 9.17) is 4.74 Å². The van der Waals surface area contributed by atoms with Crippen LogP contribution >= 0.6 is 0 Å². The van der Waals surface area contributed by atoms with Gasteiger partial charge in [-0.3, -0.25) is 0 Å². The van der Waals surface area contributed by atoms with Gasteiger partial charge in [-0.1, -0.05) is 56.8 Å². The van der Waals surface area contributed by atoms with Crippen LogP contribution in [0, 0.1) is 0 Å². The molecule has 112 valence electrons. The molecule has 3 nitrogen and oxygen atoms in total. The Morgan fingerprint density at radius 3 is 2.50 bits per heavy atom. The first-order valence-electron chi connectivity index (χ1n) is 7.47. The minimum absolute atomic E-state index is 0.342. The Balaban J connectivity index is 1.97. The molecule has 22 heavy (non-hydrogen) atoms. The van der Waals surface area contributed by atoms with Crippen molar-refractivity contribution in [2.24, 2.45) is 0 Å². The molecule has 0 amide bonds. The topological polar surface area (TPSA) is 49.7 Å². The lowest BCUT2D eigenvalue weighted by atomic mass is 9.84. The van der Waals surface area contributed by atoms with Crippen molar-refractivity contribution in [3.63, 3.8) is 0 Å². The Kier molecular flexibility index (Phi) is 2.47. The van der Waals surface area contributed by atoms with Gasteiger partial charge in [0.15, 0.2) is 5.60 Å². The van der Waals surface area contributed by atoms with E-state index in [1.54, 1.807) is 6.07 Å². The largest absolute Gasteiger partial charge is 0.454 e. The fraction of sp³-hybridized carbons (Fsp3) is 0.263. The van der Waals surface area contributed by atoms with Crippen molar-refractivity contribution >= 4 is 5.57 Å². The van der Waals surface area contributed by atoms with E-state index in [0.29, 0.717) is 28.4 Å². The second-order valence-electron chi connectivity index (χ2n) is 6.39. The van der Waals surface area contributed by atoms with Gasteiger partial charge >= 0.3 is 0 Å². The fourth-order valence-electron chi connectivity index (χ4n) is 3.55. The number of hydrogen-bond donors (Lipinski definition) is 2. The fourth-order valence-corrected chi connectivity index (χ4v) is 3.55. The summed E-state index contributed by atoms with van der Waals surface area (Å²) >= 11 is 0. The lowest BCUT2D eigenvalue weighted by Crippen LogP contribution is -2.45. The van der Waals surface area contributed by atoms with Crippen LogP contribution in [-0.4, -0.2) is 10.2 Å². The van der Waals surface area contributed by atoms with Crippen LogP contribution in [0.1, 0.15) is 42.0 Å². The second kappa shape index (κ2) is 4.00. The molecule has 0 radical (unpaired) electrons. The number of fused-ring (bicyclic) bond motifs is 5. The molecule has 2 aromatic rings. The van der Waals surface area contributed by atoms with E-state index in [0.717, 1.165) is 11.1 Å². The third-order valence-electron chi connectivity index (χ3n) is 4.86. The summed E-state index contributed by atoms with van der Waals surface area (Å²) in [5.74, 6) is -0.945. The number of rotatable bonds is 1. The lowest BCUT2D eigenvalue weighted by molar-refractivity contribution is -0.222. The summed E-state index contributed by atoms with van der Waals surface area (Å²) in [6, 6.07) is 13.0. The number of benzene rings is 2. The first-order valence-corrected chi connectivity index (χ1v) is 7.47. The van der Waals surface area contributed by atoms with Crippen LogP contribution in [0.3, 0.4) is 0 Å². The number of aliphatic hydroxyl groups is 2. The summed E-state index contributed by atoms with van der Waals surface area (Å²) in [5.41, 5.74) is 1.81. The molecule has 3 heteroatoms. The summed E-state index contributed by atoms with van der Waals surface area (Å²) in [5, 5.41) is 22.4. The first kappa shape index (κ1) is 13.6. The Morgan fingerprint density at radius 1 is 1.05 bits per heavy atom. The van der Waals surface area contributed by atoms with Gasteiger partial charge in [0.2, 0.25) is 0 Å². The maximum Gasteiger partial charge on any atom is 0.273 e. The molecule has 0 saturated carbocycles. The number of hydrogen-bond acceptors (Lipinski definition) is 3. The smallest absolute Gasteiger partial charge is 0.273 e. The van der Waals surface area contributed by atoms with Gasteiger partial charge in [-0.25, -0.2) is 0 Å². The molecule has 4 rings (SSSR count). The zero-order valence-electron chi connectivity index (χ0n) is 12.6. The van der Waals surface area contributed by atoms with Crippen LogP contribution < -0.4 is 4.74 Å². The van der Waals surface area contributed by atoms with Gasteiger partial charge in [-0.2, -0.15) is 0 Å². The Morgan fingerprint density at radius 2 is 1.77 bits per heavy atom. The molecule has 1 aliphatic carbocycles. The average Bonchev–Trinajstić information content (AvgIpc) is 2.84. The van der Waals surface area contributed by atoms with Crippen LogP contribution in [0.5, 0.6) is 5.75 Å². The lowest BCUT2D eigenvalue weighted by Gasteiger charge is -2.30. The monoisotopic (exact) mass is 294 g/mol. The van der Waals surface area contributed by atoms with E-state index >= 15 is 0 Å². The van der Waals surface area contributed by atoms with Crippen LogP contribution in [0.25, 0.3) is 5.57 Å². The van der Waals surface area contributed by atoms with Crippen molar-refractivity contribution in [2.75, 3.05) is 0 Å². The van der Waals surface area contributed by atoms with Crippen molar-refractivity contribution in [2.45, 2.75) is 31.2 Å². The van der Waals surface area contributed by atoms with E-state index in [1.165, 1.54) is 0 Å². The van der Waals surface area contributed by atoms with Crippen molar-refractivity contribution in [3.8, 4) is 5.75 Å². The maximum absolute atomic E-state index is 11.3. The molecule has 2 unspecified atom stereocenters. The zero-order valence-corrected chi connectivity index (χ0v) is 12.6. The molecule has 1 aliphatic heterocycles. The van der Waals surface area contributed by atoms with Gasteiger partial charge < -0.3 is 14.9 Å². The summed E-state index contributed by atoms with van der Waals surface area (Å²) < 4.78 is 5.85. The predicted octanol–water partition coefficient (Wildman–Crippen LogP) is 3.26. The van der Waals surface area contributed by atoms with Crippen LogP contribution in [0.2, 0.25) is 0 Å². The SMILES string of the molecule is C=C1c2ccccc2C2(O)Oc3cc(C(C)C)ccc3C12O. The van der Waals surface area contributed by atoms with Crippen molar-refractivity contribution in [1.29, 1.82) is 0 Å². The molecular weight excluding hydrogens is 276 g/mol. The number of ether oxygens (including phenoxy) is 1. The average molecular weight is 294 g/mol. The second-order valence-corrected chi connectivity index (χ2v) is 6.39. The molecule has 2 N–H and O–H groups in total. The summed E-state index contributed by atoms with van der Waals surface area (Å²) in [7, 11) is 0. The van der Waals surface area contributed by atoms with Crippen molar-refractivity contribution < 1.29 is 14.9 Å². The molecule has 1 heterocycles. The van der Waals surface area contributed by atoms with Crippen LogP contribution in [0.4, 0.5) is 0 Å². The van der Waals surface area contributed by atoms with Gasteiger partial charge in [-0.05, 0) is 28.7 Å². The summed E-state index contributed by atoms with van der Waals surface area (Å²) in [6.45, 7) is 8.21. The maximum atomic E-state index is 11.3. The summed E-state index contributed by atoms with van der Waals surface area (Å²) in [6.07, 6.45) is 0. The zero-order chi connectivity index (χ0) is 15.7. The molecule has 0 spiro atoms. The van der Waals surface area contributed by atoms with Crippen molar-refractivity contribution in [1.82, 2.24) is 0 Å². The molecule has 2 aliphatic rings. The van der Waals surface area contributed by atoms with Crippen molar-refractivity contribution in [3.05, 3.63) is 71.3 Å². The summed E-state index contributed by atoms with van der Waals surface area (Å²) in [4.78, 5) is 0. The normalized spacial score (nSPS) is 28.3. The minimum atomic E-state index is -1.81. The van der Waals surface area contributed by atoms with E-state index in [1.807, 2.05) is 36.4 Å². The highest BCUT2D eigenvalue weighted by Crippen LogP contribution is 2.62. The Bertz CT molecular complexity index is 808. The van der Waals surface area contributed by atoms with Gasteiger partial charge in [0.05, 0.1) is 0 Å². The van der Waals surface area contributed by atoms with Gasteiger partial charge in [0, 0.05) is 11.1 Å². The molecule has 2 aromatic carbocycles. The Hall–Kier alpha value is -2.10. The van der Waals surface area contributed by atoms with Gasteiger partial charge in [0.1, 0.15) is 5.75 Å². The van der Waals surface area contributed by atoms with Crippen LogP contribution in [0.15, 0.2) is 49.0 Å². The highest BCUT2D eigenvalue weighted by atomic mass is 16.7.